The number of ether oxygens (including phenoxy) is 1. The molecule has 3 rings (SSSR count). The number of hydrogen-bond acceptors (Lipinski definition) is 4. The molecule has 5 nitrogen and oxygen atoms in total. The van der Waals surface area contributed by atoms with E-state index in [4.69, 9.17) is 4.74 Å². The van der Waals surface area contributed by atoms with E-state index in [-0.39, 0.29) is 17.9 Å². The second kappa shape index (κ2) is 8.57. The van der Waals surface area contributed by atoms with Crippen molar-refractivity contribution in [2.45, 2.75) is 45.4 Å². The highest BCUT2D eigenvalue weighted by Crippen LogP contribution is 2.16. The Kier molecular flexibility index (Phi) is 6.15. The minimum Gasteiger partial charge on any atom is -0.444 e. The zero-order valence-electron chi connectivity index (χ0n) is 16.8. The van der Waals surface area contributed by atoms with Crippen molar-refractivity contribution in [2.24, 2.45) is 0 Å². The lowest BCUT2D eigenvalue weighted by Gasteiger charge is -2.22. The smallest absolute Gasteiger partial charge is 0.407 e. The lowest BCUT2D eigenvalue weighted by molar-refractivity contribution is 0.0505. The normalized spacial score (nSPS) is 17.3. The summed E-state index contributed by atoms with van der Waals surface area (Å²) in [5, 5.41) is 2.95. The van der Waals surface area contributed by atoms with Gasteiger partial charge in [0.15, 0.2) is 5.78 Å². The Morgan fingerprint density at radius 3 is 2.32 bits per heavy atom. The van der Waals surface area contributed by atoms with Gasteiger partial charge in [0, 0.05) is 36.8 Å². The van der Waals surface area contributed by atoms with E-state index in [1.54, 1.807) is 0 Å². The number of carbonyl (C=O) groups excluding carboxylic acids is 2. The summed E-state index contributed by atoms with van der Waals surface area (Å²) >= 11 is 0. The summed E-state index contributed by atoms with van der Waals surface area (Å²) < 4.78 is 5.32. The van der Waals surface area contributed by atoms with Crippen LogP contribution in [0.3, 0.4) is 0 Å². The van der Waals surface area contributed by atoms with Crippen LogP contribution in [0.15, 0.2) is 54.6 Å². The zero-order chi connectivity index (χ0) is 20.1. The molecular formula is C23H28N2O3. The van der Waals surface area contributed by atoms with Crippen molar-refractivity contribution in [3.8, 4) is 0 Å². The van der Waals surface area contributed by atoms with Gasteiger partial charge in [-0.2, -0.15) is 0 Å². The largest absolute Gasteiger partial charge is 0.444 e. The van der Waals surface area contributed by atoms with Gasteiger partial charge in [-0.3, -0.25) is 9.69 Å². The Labute approximate surface area is 166 Å². The van der Waals surface area contributed by atoms with Gasteiger partial charge in [-0.25, -0.2) is 4.79 Å². The molecule has 0 saturated carbocycles. The molecule has 1 atom stereocenters. The van der Waals surface area contributed by atoms with Gasteiger partial charge >= 0.3 is 6.09 Å². The number of likely N-dealkylation sites (tertiary alicyclic amines) is 1. The highest BCUT2D eigenvalue weighted by Gasteiger charge is 2.26. The fourth-order valence-corrected chi connectivity index (χ4v) is 3.34. The first-order chi connectivity index (χ1) is 13.3. The topological polar surface area (TPSA) is 58.6 Å². The molecule has 0 radical (unpaired) electrons. The molecule has 5 heteroatoms. The van der Waals surface area contributed by atoms with Crippen LogP contribution in [-0.2, 0) is 11.3 Å². The van der Waals surface area contributed by atoms with Gasteiger partial charge in [-0.1, -0.05) is 54.6 Å². The molecule has 28 heavy (non-hydrogen) atoms. The van der Waals surface area contributed by atoms with Crippen LogP contribution in [0.25, 0.3) is 0 Å². The Hall–Kier alpha value is -2.66. The summed E-state index contributed by atoms with van der Waals surface area (Å²) in [5.74, 6) is 0.0370. The Morgan fingerprint density at radius 2 is 1.68 bits per heavy atom. The maximum absolute atomic E-state index is 12.5. The first-order valence-electron chi connectivity index (χ1n) is 9.71. The maximum Gasteiger partial charge on any atom is 0.407 e. The van der Waals surface area contributed by atoms with E-state index < -0.39 is 5.60 Å². The average Bonchev–Trinajstić information content (AvgIpc) is 3.07. The molecule has 1 aliphatic rings. The Bertz CT molecular complexity index is 810. The summed E-state index contributed by atoms with van der Waals surface area (Å²) in [6, 6.07) is 17.2. The predicted molar refractivity (Wildman–Crippen MR) is 109 cm³/mol. The summed E-state index contributed by atoms with van der Waals surface area (Å²) in [5.41, 5.74) is 2.07. The van der Waals surface area contributed by atoms with Crippen molar-refractivity contribution >= 4 is 11.9 Å². The van der Waals surface area contributed by atoms with Crippen LogP contribution < -0.4 is 5.32 Å². The van der Waals surface area contributed by atoms with Gasteiger partial charge < -0.3 is 10.1 Å². The van der Waals surface area contributed by atoms with E-state index in [0.717, 1.165) is 31.6 Å². The van der Waals surface area contributed by atoms with Crippen LogP contribution >= 0.6 is 0 Å². The SMILES string of the molecule is CC(C)(C)OC(=O)N[C@@H]1CCN(Cc2ccc(C(=O)c3ccccc3)cc2)C1. The monoisotopic (exact) mass is 380 g/mol. The van der Waals surface area contributed by atoms with E-state index in [2.05, 4.69) is 10.2 Å². The third kappa shape index (κ3) is 5.67. The van der Waals surface area contributed by atoms with E-state index >= 15 is 0 Å². The Morgan fingerprint density at radius 1 is 1.04 bits per heavy atom. The molecule has 0 spiro atoms. The van der Waals surface area contributed by atoms with Crippen molar-refractivity contribution in [1.29, 1.82) is 0 Å². The number of ketones is 1. The van der Waals surface area contributed by atoms with Crippen molar-refractivity contribution in [3.05, 3.63) is 71.3 Å². The lowest BCUT2D eigenvalue weighted by Crippen LogP contribution is -2.40. The summed E-state index contributed by atoms with van der Waals surface area (Å²) in [6.45, 7) is 8.10. The van der Waals surface area contributed by atoms with Gasteiger partial charge in [0.1, 0.15) is 5.60 Å². The van der Waals surface area contributed by atoms with Crippen molar-refractivity contribution < 1.29 is 14.3 Å². The number of amides is 1. The third-order valence-electron chi connectivity index (χ3n) is 4.65. The van der Waals surface area contributed by atoms with Gasteiger partial charge in [0.2, 0.25) is 0 Å². The van der Waals surface area contributed by atoms with E-state index in [0.29, 0.717) is 11.1 Å². The molecule has 1 saturated heterocycles. The first kappa shape index (κ1) is 20.1. The molecule has 0 bridgehead atoms. The molecule has 0 unspecified atom stereocenters. The van der Waals surface area contributed by atoms with Crippen LogP contribution in [0, 0.1) is 0 Å². The predicted octanol–water partition coefficient (Wildman–Crippen LogP) is 4.02. The van der Waals surface area contributed by atoms with Crippen LogP contribution in [0.2, 0.25) is 0 Å². The van der Waals surface area contributed by atoms with E-state index in [9.17, 15) is 9.59 Å². The molecule has 1 heterocycles. The van der Waals surface area contributed by atoms with Crippen LogP contribution in [0.1, 0.15) is 48.7 Å². The molecule has 0 aromatic heterocycles. The third-order valence-corrected chi connectivity index (χ3v) is 4.65. The number of nitrogens with zero attached hydrogens (tertiary/aromatic N) is 1. The summed E-state index contributed by atoms with van der Waals surface area (Å²) in [7, 11) is 0. The van der Waals surface area contributed by atoms with Gasteiger partial charge in [-0.15, -0.1) is 0 Å². The van der Waals surface area contributed by atoms with Crippen LogP contribution in [-0.4, -0.2) is 41.5 Å². The second-order valence-electron chi connectivity index (χ2n) is 8.26. The molecule has 1 amide bonds. The fourth-order valence-electron chi connectivity index (χ4n) is 3.34. The number of nitrogens with one attached hydrogen (secondary N) is 1. The minimum atomic E-state index is -0.485. The molecule has 1 aliphatic heterocycles. The Balaban J connectivity index is 1.51. The summed E-state index contributed by atoms with van der Waals surface area (Å²) in [6.07, 6.45) is 0.548. The number of rotatable bonds is 5. The van der Waals surface area contributed by atoms with Gasteiger partial charge in [-0.05, 0) is 32.8 Å². The van der Waals surface area contributed by atoms with E-state index in [1.807, 2.05) is 75.4 Å². The highest BCUT2D eigenvalue weighted by atomic mass is 16.6. The first-order valence-corrected chi connectivity index (χ1v) is 9.71. The molecule has 0 aliphatic carbocycles. The van der Waals surface area contributed by atoms with E-state index in [1.165, 1.54) is 0 Å². The molecule has 2 aromatic carbocycles. The van der Waals surface area contributed by atoms with Crippen LogP contribution in [0.5, 0.6) is 0 Å². The zero-order valence-corrected chi connectivity index (χ0v) is 16.8. The van der Waals surface area contributed by atoms with Gasteiger partial charge in [0.25, 0.3) is 0 Å². The molecule has 1 fully saturated rings. The quantitative estimate of drug-likeness (QED) is 0.796. The molecule has 2 aromatic rings. The van der Waals surface area contributed by atoms with Crippen molar-refractivity contribution in [2.75, 3.05) is 13.1 Å². The lowest BCUT2D eigenvalue weighted by atomic mass is 10.0. The molecular weight excluding hydrogens is 352 g/mol. The fraction of sp³-hybridized carbons (Fsp3) is 0.391. The number of benzene rings is 2. The maximum atomic E-state index is 12.5. The molecule has 148 valence electrons. The van der Waals surface area contributed by atoms with Crippen molar-refractivity contribution in [1.82, 2.24) is 10.2 Å². The van der Waals surface area contributed by atoms with Gasteiger partial charge in [0.05, 0.1) is 0 Å². The summed E-state index contributed by atoms with van der Waals surface area (Å²) in [4.78, 5) is 26.7. The standard InChI is InChI=1S/C23H28N2O3/c1-23(2,3)28-22(27)24-20-13-14-25(16-20)15-17-9-11-19(12-10-17)21(26)18-7-5-4-6-8-18/h4-12,20H,13-16H2,1-3H3,(H,24,27)/t20-/m1/s1. The number of hydrogen-bond donors (Lipinski definition) is 1. The second-order valence-corrected chi connectivity index (χ2v) is 8.26. The molecule has 1 N–H and O–H groups in total. The number of alkyl carbamates (subject to hydrolysis) is 1. The number of carbonyl (C=O) groups is 2. The highest BCUT2D eigenvalue weighted by molar-refractivity contribution is 6.08. The average molecular weight is 380 g/mol. The van der Waals surface area contributed by atoms with Crippen LogP contribution in [0.4, 0.5) is 4.79 Å². The minimum absolute atomic E-state index is 0.0370. The van der Waals surface area contributed by atoms with Crippen molar-refractivity contribution in [3.63, 3.8) is 0 Å².